The summed E-state index contributed by atoms with van der Waals surface area (Å²) in [6, 6.07) is 10.5. The number of rotatable bonds is 6. The number of pyridine rings is 1. The van der Waals surface area contributed by atoms with E-state index in [-0.39, 0.29) is 23.4 Å². The van der Waals surface area contributed by atoms with Crippen LogP contribution >= 0.6 is 0 Å². The van der Waals surface area contributed by atoms with Crippen molar-refractivity contribution in [2.24, 2.45) is 0 Å². The zero-order chi connectivity index (χ0) is 13.7. The summed E-state index contributed by atoms with van der Waals surface area (Å²) in [5.74, 6) is -0.701. The smallest absolute Gasteiger partial charge is 0.303 e. The standard InChI is InChI=1S/C16H19NO2.BrH/c1-13-10-12-17(11-6-2-3-9-16(18)19)15-8-5-4-7-14(13)15;/h4-5,7-8,10,12H,2-3,6,9,11H2,1H3;1H. The number of unbranched alkanes of at least 4 members (excludes halogenated alkanes) is 2. The van der Waals surface area contributed by atoms with E-state index >= 15 is 0 Å². The molecule has 0 atom stereocenters. The first-order valence-electron chi connectivity index (χ1n) is 6.78. The van der Waals surface area contributed by atoms with Crippen LogP contribution in [0.2, 0.25) is 0 Å². The van der Waals surface area contributed by atoms with E-state index in [1.807, 2.05) is 0 Å². The molecule has 0 fully saturated rings. The topological polar surface area (TPSA) is 41.2 Å². The van der Waals surface area contributed by atoms with Crippen LogP contribution in [0, 0.1) is 6.92 Å². The Morgan fingerprint density at radius 2 is 1.90 bits per heavy atom. The predicted molar refractivity (Wildman–Crippen MR) is 75.0 cm³/mol. The quantitative estimate of drug-likeness (QED) is 0.599. The molecule has 0 amide bonds. The van der Waals surface area contributed by atoms with Gasteiger partial charge in [0, 0.05) is 30.4 Å². The third kappa shape index (κ3) is 4.30. The lowest BCUT2D eigenvalue weighted by Gasteiger charge is -2.03. The molecule has 0 saturated heterocycles. The average Bonchev–Trinajstić information content (AvgIpc) is 2.41. The number of aryl methyl sites for hydroxylation is 2. The number of carboxylic acid groups (broad SMARTS) is 1. The number of benzene rings is 1. The number of nitrogens with zero attached hydrogens (tertiary/aromatic N) is 1. The Bertz CT molecular complexity index is 584. The van der Waals surface area contributed by atoms with Crippen molar-refractivity contribution in [2.45, 2.75) is 39.2 Å². The van der Waals surface area contributed by atoms with Gasteiger partial charge in [-0.2, -0.15) is 4.57 Å². The highest BCUT2D eigenvalue weighted by Crippen LogP contribution is 2.14. The van der Waals surface area contributed by atoms with Crippen molar-refractivity contribution in [2.75, 3.05) is 0 Å². The number of hydrogen-bond donors (Lipinski definition) is 1. The lowest BCUT2D eigenvalue weighted by molar-refractivity contribution is -0.671. The second kappa shape index (κ2) is 8.00. The molecule has 0 aliphatic carbocycles. The van der Waals surface area contributed by atoms with Crippen molar-refractivity contribution < 1.29 is 31.4 Å². The van der Waals surface area contributed by atoms with Gasteiger partial charge in [-0.1, -0.05) is 12.1 Å². The molecule has 0 saturated carbocycles. The molecular formula is C16H20BrNO2. The number of halogens is 1. The van der Waals surface area contributed by atoms with E-state index in [0.717, 1.165) is 25.8 Å². The van der Waals surface area contributed by atoms with Crippen molar-refractivity contribution >= 4 is 16.9 Å². The Balaban J connectivity index is 0.00000200. The summed E-state index contributed by atoms with van der Waals surface area (Å²) < 4.78 is 2.25. The van der Waals surface area contributed by atoms with E-state index in [4.69, 9.17) is 5.11 Å². The Hall–Kier alpha value is -1.42. The van der Waals surface area contributed by atoms with E-state index in [2.05, 4.69) is 48.0 Å². The van der Waals surface area contributed by atoms with Gasteiger partial charge in [-0.05, 0) is 31.4 Å². The van der Waals surface area contributed by atoms with E-state index in [0.29, 0.717) is 0 Å². The Morgan fingerprint density at radius 1 is 1.15 bits per heavy atom. The van der Waals surface area contributed by atoms with Crippen molar-refractivity contribution in [1.82, 2.24) is 0 Å². The zero-order valence-electron chi connectivity index (χ0n) is 11.7. The molecule has 1 aromatic heterocycles. The molecule has 0 radical (unpaired) electrons. The minimum absolute atomic E-state index is 0. The fourth-order valence-electron chi connectivity index (χ4n) is 2.36. The van der Waals surface area contributed by atoms with Crippen LogP contribution in [0.3, 0.4) is 0 Å². The summed E-state index contributed by atoms with van der Waals surface area (Å²) in [5.41, 5.74) is 2.54. The summed E-state index contributed by atoms with van der Waals surface area (Å²) in [4.78, 5) is 10.4. The van der Waals surface area contributed by atoms with Gasteiger partial charge in [0.15, 0.2) is 6.20 Å². The maximum absolute atomic E-state index is 10.4. The molecule has 1 N–H and O–H groups in total. The van der Waals surface area contributed by atoms with Crippen molar-refractivity contribution in [1.29, 1.82) is 0 Å². The Labute approximate surface area is 130 Å². The molecule has 0 unspecified atom stereocenters. The number of carboxylic acids is 1. The normalized spacial score (nSPS) is 10.2. The highest BCUT2D eigenvalue weighted by Gasteiger charge is 2.09. The van der Waals surface area contributed by atoms with Crippen molar-refractivity contribution in [3.63, 3.8) is 0 Å². The van der Waals surface area contributed by atoms with Crippen LogP contribution in [-0.2, 0) is 11.3 Å². The fraction of sp³-hybridized carbons (Fsp3) is 0.375. The fourth-order valence-corrected chi connectivity index (χ4v) is 2.36. The van der Waals surface area contributed by atoms with Crippen molar-refractivity contribution in [3.05, 3.63) is 42.1 Å². The Morgan fingerprint density at radius 3 is 2.65 bits per heavy atom. The van der Waals surface area contributed by atoms with E-state index in [1.165, 1.54) is 16.5 Å². The lowest BCUT2D eigenvalue weighted by atomic mass is 10.1. The number of carbonyl (C=O) groups is 1. The van der Waals surface area contributed by atoms with Crippen LogP contribution in [0.4, 0.5) is 0 Å². The molecule has 2 aromatic rings. The summed E-state index contributed by atoms with van der Waals surface area (Å²) >= 11 is 0. The third-order valence-corrected chi connectivity index (χ3v) is 3.43. The summed E-state index contributed by atoms with van der Waals surface area (Å²) in [6.07, 6.45) is 5.14. The monoisotopic (exact) mass is 337 g/mol. The molecule has 1 aromatic carbocycles. The van der Waals surface area contributed by atoms with Crippen LogP contribution in [0.1, 0.15) is 31.2 Å². The van der Waals surface area contributed by atoms with Crippen LogP contribution < -0.4 is 21.5 Å². The Kier molecular flexibility index (Phi) is 6.65. The van der Waals surface area contributed by atoms with Gasteiger partial charge in [-0.15, -0.1) is 0 Å². The van der Waals surface area contributed by atoms with Gasteiger partial charge < -0.3 is 22.1 Å². The average molecular weight is 338 g/mol. The molecule has 20 heavy (non-hydrogen) atoms. The van der Waals surface area contributed by atoms with Crippen LogP contribution in [0.25, 0.3) is 10.9 Å². The van der Waals surface area contributed by atoms with Crippen LogP contribution in [-0.4, -0.2) is 11.1 Å². The number of aliphatic carboxylic acids is 1. The van der Waals surface area contributed by atoms with Gasteiger partial charge in [0.05, 0.1) is 0 Å². The van der Waals surface area contributed by atoms with Gasteiger partial charge in [-0.3, -0.25) is 4.79 Å². The summed E-state index contributed by atoms with van der Waals surface area (Å²) in [5, 5.41) is 9.88. The molecule has 0 bridgehead atoms. The van der Waals surface area contributed by atoms with Gasteiger partial charge >= 0.3 is 5.97 Å². The predicted octanol–water partition coefficient (Wildman–Crippen LogP) is 0.0847. The van der Waals surface area contributed by atoms with Crippen LogP contribution in [0.5, 0.6) is 0 Å². The minimum Gasteiger partial charge on any atom is -1.00 e. The van der Waals surface area contributed by atoms with E-state index < -0.39 is 5.97 Å². The molecule has 0 spiro atoms. The first-order chi connectivity index (χ1) is 9.18. The maximum Gasteiger partial charge on any atom is 0.303 e. The third-order valence-electron chi connectivity index (χ3n) is 3.43. The van der Waals surface area contributed by atoms with Gasteiger partial charge in [0.1, 0.15) is 6.54 Å². The first kappa shape index (κ1) is 16.6. The molecule has 3 nitrogen and oxygen atoms in total. The summed E-state index contributed by atoms with van der Waals surface area (Å²) in [6.45, 7) is 3.07. The van der Waals surface area contributed by atoms with Gasteiger partial charge in [0.2, 0.25) is 5.52 Å². The lowest BCUT2D eigenvalue weighted by Crippen LogP contribution is -3.00. The molecule has 0 aliphatic rings. The van der Waals surface area contributed by atoms with Gasteiger partial charge in [-0.25, -0.2) is 0 Å². The molecular weight excluding hydrogens is 318 g/mol. The second-order valence-corrected chi connectivity index (χ2v) is 4.91. The number of fused-ring (bicyclic) bond motifs is 1. The van der Waals surface area contributed by atoms with Gasteiger partial charge in [0.25, 0.3) is 0 Å². The summed E-state index contributed by atoms with van der Waals surface area (Å²) in [7, 11) is 0. The van der Waals surface area contributed by atoms with Crippen molar-refractivity contribution in [3.8, 4) is 0 Å². The van der Waals surface area contributed by atoms with Crippen LogP contribution in [0.15, 0.2) is 36.5 Å². The van der Waals surface area contributed by atoms with E-state index in [1.54, 1.807) is 0 Å². The van der Waals surface area contributed by atoms with E-state index in [9.17, 15) is 4.79 Å². The number of hydrogen-bond acceptors (Lipinski definition) is 1. The molecule has 0 aliphatic heterocycles. The molecule has 4 heteroatoms. The molecule has 108 valence electrons. The highest BCUT2D eigenvalue weighted by atomic mass is 79.9. The minimum atomic E-state index is -0.701. The number of para-hydroxylation sites is 1. The SMILES string of the molecule is Cc1cc[n+](CCCCCC(=O)O)c2ccccc12.[Br-]. The highest BCUT2D eigenvalue weighted by molar-refractivity contribution is 5.78. The second-order valence-electron chi connectivity index (χ2n) is 4.91. The number of aromatic nitrogens is 1. The zero-order valence-corrected chi connectivity index (χ0v) is 13.3. The largest absolute Gasteiger partial charge is 1.00 e. The molecule has 2 rings (SSSR count). The first-order valence-corrected chi connectivity index (χ1v) is 6.78. The molecule has 1 heterocycles. The maximum atomic E-state index is 10.4.